The van der Waals surface area contributed by atoms with Crippen molar-refractivity contribution in [1.82, 2.24) is 29.7 Å². The minimum absolute atomic E-state index is 0.141. The van der Waals surface area contributed by atoms with E-state index in [0.29, 0.717) is 24.9 Å². The third-order valence-corrected chi connectivity index (χ3v) is 9.75. The molecule has 4 heterocycles. The molecule has 2 fully saturated rings. The van der Waals surface area contributed by atoms with Crippen molar-refractivity contribution in [1.29, 1.82) is 0 Å². The minimum Gasteiger partial charge on any atom is -0.444 e. The fourth-order valence-electron chi connectivity index (χ4n) is 7.37. The highest BCUT2D eigenvalue weighted by Crippen LogP contribution is 2.38. The molecule has 272 valence electrons. The van der Waals surface area contributed by atoms with Gasteiger partial charge in [0, 0.05) is 13.1 Å². The van der Waals surface area contributed by atoms with Crippen molar-refractivity contribution in [3.8, 4) is 33.5 Å². The second-order valence-corrected chi connectivity index (χ2v) is 16.7. The Morgan fingerprint density at radius 2 is 1.12 bits per heavy atom. The van der Waals surface area contributed by atoms with Gasteiger partial charge in [0.05, 0.1) is 35.0 Å². The molecule has 2 aliphatic rings. The van der Waals surface area contributed by atoms with E-state index in [4.69, 9.17) is 19.4 Å². The van der Waals surface area contributed by atoms with E-state index in [-0.39, 0.29) is 24.3 Å². The first-order valence-electron chi connectivity index (χ1n) is 18.4. The summed E-state index contributed by atoms with van der Waals surface area (Å²) in [5.41, 5.74) is 7.09. The predicted molar refractivity (Wildman–Crippen MR) is 203 cm³/mol. The van der Waals surface area contributed by atoms with E-state index in [1.165, 1.54) is 0 Å². The third kappa shape index (κ3) is 7.56. The molecule has 10 nitrogen and oxygen atoms in total. The molecule has 2 saturated heterocycles. The topological polar surface area (TPSA) is 116 Å². The molecular weight excluding hydrogens is 653 g/mol. The SMILES string of the molecule is CC1CC(c2nc3ccc(-c4ccc(-c5ccc(-c6cnc([C@@H]7C[C@H](C)CN7C(=O)OC(C)(C)C)[nH]6)cc5)cc4)cc3[nH]2)N(C(=O)OC(C)(C)C)C1. The number of imidazole rings is 2. The van der Waals surface area contributed by atoms with Crippen molar-refractivity contribution in [3.05, 3.63) is 84.6 Å². The first-order chi connectivity index (χ1) is 24.6. The molecule has 2 amide bonds. The van der Waals surface area contributed by atoms with Gasteiger partial charge in [-0.2, -0.15) is 0 Å². The number of carbonyl (C=O) groups excluding carboxylic acids is 2. The second kappa shape index (κ2) is 13.5. The smallest absolute Gasteiger partial charge is 0.410 e. The van der Waals surface area contributed by atoms with Gasteiger partial charge in [-0.15, -0.1) is 0 Å². The van der Waals surface area contributed by atoms with E-state index in [0.717, 1.165) is 69.0 Å². The van der Waals surface area contributed by atoms with E-state index >= 15 is 0 Å². The second-order valence-electron chi connectivity index (χ2n) is 16.7. The number of ether oxygens (including phenoxy) is 2. The molecule has 4 atom stereocenters. The number of carbonyl (C=O) groups is 2. The summed E-state index contributed by atoms with van der Waals surface area (Å²) < 4.78 is 11.4. The van der Waals surface area contributed by atoms with Crippen LogP contribution in [0.3, 0.4) is 0 Å². The number of hydrogen-bond acceptors (Lipinski definition) is 6. The average Bonchev–Trinajstić information content (AvgIpc) is 3.88. The lowest BCUT2D eigenvalue weighted by molar-refractivity contribution is 0.0204. The van der Waals surface area contributed by atoms with Gasteiger partial charge in [-0.25, -0.2) is 19.6 Å². The Labute approximate surface area is 305 Å². The molecule has 2 unspecified atom stereocenters. The summed E-state index contributed by atoms with van der Waals surface area (Å²) in [6.45, 7) is 17.0. The number of nitrogens with one attached hydrogen (secondary N) is 2. The summed E-state index contributed by atoms with van der Waals surface area (Å²) in [5, 5.41) is 0. The number of aromatic nitrogens is 4. The van der Waals surface area contributed by atoms with Crippen LogP contribution in [0, 0.1) is 11.8 Å². The zero-order valence-corrected chi connectivity index (χ0v) is 31.5. The number of H-pyrrole nitrogens is 2. The van der Waals surface area contributed by atoms with Gasteiger partial charge in [0.1, 0.15) is 22.9 Å². The van der Waals surface area contributed by atoms with E-state index < -0.39 is 11.2 Å². The number of nitrogens with zero attached hydrogens (tertiary/aromatic N) is 4. The van der Waals surface area contributed by atoms with Crippen molar-refractivity contribution in [2.45, 2.75) is 91.5 Å². The maximum Gasteiger partial charge on any atom is 0.410 e. The Kier molecular flexibility index (Phi) is 9.13. The number of likely N-dealkylation sites (tertiary alicyclic amines) is 2. The molecule has 2 aliphatic heterocycles. The number of aromatic amines is 2. The van der Waals surface area contributed by atoms with Gasteiger partial charge in [0.2, 0.25) is 0 Å². The van der Waals surface area contributed by atoms with Gasteiger partial charge in [-0.1, -0.05) is 68.4 Å². The molecule has 0 aliphatic carbocycles. The molecule has 0 spiro atoms. The van der Waals surface area contributed by atoms with Crippen molar-refractivity contribution >= 4 is 23.2 Å². The summed E-state index contributed by atoms with van der Waals surface area (Å²) in [6.07, 6.45) is 2.93. The monoisotopic (exact) mass is 702 g/mol. The lowest BCUT2D eigenvalue weighted by Gasteiger charge is -2.27. The molecule has 2 aromatic heterocycles. The Balaban J connectivity index is 1.04. The van der Waals surface area contributed by atoms with E-state index in [2.05, 4.69) is 84.5 Å². The van der Waals surface area contributed by atoms with Gasteiger partial charge in [0.25, 0.3) is 0 Å². The number of amides is 2. The number of rotatable bonds is 5. The van der Waals surface area contributed by atoms with Gasteiger partial charge >= 0.3 is 12.2 Å². The van der Waals surface area contributed by atoms with Crippen molar-refractivity contribution in [3.63, 3.8) is 0 Å². The minimum atomic E-state index is -0.552. The molecule has 0 bridgehead atoms. The van der Waals surface area contributed by atoms with E-state index in [1.807, 2.05) is 58.7 Å². The van der Waals surface area contributed by atoms with Gasteiger partial charge < -0.3 is 19.4 Å². The van der Waals surface area contributed by atoms with Crippen LogP contribution < -0.4 is 0 Å². The normalized spacial score (nSPS) is 20.8. The summed E-state index contributed by atoms with van der Waals surface area (Å²) in [7, 11) is 0. The van der Waals surface area contributed by atoms with Gasteiger partial charge in [-0.3, -0.25) is 9.80 Å². The van der Waals surface area contributed by atoms with Crippen LogP contribution in [0.4, 0.5) is 9.59 Å². The fraction of sp³-hybridized carbons (Fsp3) is 0.429. The lowest BCUT2D eigenvalue weighted by atomic mass is 9.99. The van der Waals surface area contributed by atoms with E-state index in [1.54, 1.807) is 4.90 Å². The zero-order valence-electron chi connectivity index (χ0n) is 31.5. The van der Waals surface area contributed by atoms with Crippen molar-refractivity contribution in [2.24, 2.45) is 11.8 Å². The highest BCUT2D eigenvalue weighted by atomic mass is 16.6. The first-order valence-corrected chi connectivity index (χ1v) is 18.4. The highest BCUT2D eigenvalue weighted by molar-refractivity contribution is 5.83. The molecule has 0 saturated carbocycles. The Morgan fingerprint density at radius 3 is 1.63 bits per heavy atom. The molecular formula is C42H50N6O4. The lowest BCUT2D eigenvalue weighted by Crippen LogP contribution is -2.37. The average molecular weight is 703 g/mol. The van der Waals surface area contributed by atoms with Crippen LogP contribution in [0.25, 0.3) is 44.5 Å². The number of hydrogen-bond donors (Lipinski definition) is 2. The van der Waals surface area contributed by atoms with Crippen LogP contribution in [-0.4, -0.2) is 66.2 Å². The Hall–Kier alpha value is -5.12. The van der Waals surface area contributed by atoms with Gasteiger partial charge in [-0.05, 0) is 106 Å². The maximum absolute atomic E-state index is 13.0. The standard InChI is InChI=1S/C42H50N6O4/c1-25-19-35(47(23-25)39(49)51-41(3,4)5)37-43-22-34(46-37)30-15-13-28(14-16-30)27-9-11-29(12-10-27)31-17-18-32-33(21-31)45-38(44-32)36-20-26(2)24-48(36)40(50)52-42(6,7)8/h9-18,21-22,25-26,35-36H,19-20,23-24H2,1-8H3,(H,43,46)(H,44,45)/t25-,26?,35-,36?/m0/s1. The fourth-order valence-corrected chi connectivity index (χ4v) is 7.37. The number of fused-ring (bicyclic) bond motifs is 1. The van der Waals surface area contributed by atoms with Crippen molar-refractivity contribution in [2.75, 3.05) is 13.1 Å². The van der Waals surface area contributed by atoms with Crippen LogP contribution in [0.1, 0.15) is 92.0 Å². The van der Waals surface area contributed by atoms with Gasteiger partial charge in [0.15, 0.2) is 0 Å². The van der Waals surface area contributed by atoms with E-state index in [9.17, 15) is 9.59 Å². The maximum atomic E-state index is 13.0. The summed E-state index contributed by atoms with van der Waals surface area (Å²) in [5.74, 6) is 2.30. The summed E-state index contributed by atoms with van der Waals surface area (Å²) in [6, 6.07) is 23.0. The molecule has 5 aromatic rings. The summed E-state index contributed by atoms with van der Waals surface area (Å²) >= 11 is 0. The van der Waals surface area contributed by atoms with Crippen LogP contribution in [0.2, 0.25) is 0 Å². The molecule has 10 heteroatoms. The molecule has 0 radical (unpaired) electrons. The largest absolute Gasteiger partial charge is 0.444 e. The molecule has 7 rings (SSSR count). The highest BCUT2D eigenvalue weighted by Gasteiger charge is 2.39. The zero-order chi connectivity index (χ0) is 36.9. The predicted octanol–water partition coefficient (Wildman–Crippen LogP) is 9.92. The van der Waals surface area contributed by atoms with Crippen LogP contribution in [-0.2, 0) is 9.47 Å². The molecule has 2 N–H and O–H groups in total. The van der Waals surface area contributed by atoms with Crippen LogP contribution in [0.5, 0.6) is 0 Å². The van der Waals surface area contributed by atoms with Crippen LogP contribution >= 0.6 is 0 Å². The molecule has 52 heavy (non-hydrogen) atoms. The van der Waals surface area contributed by atoms with Crippen LogP contribution in [0.15, 0.2) is 72.9 Å². The first kappa shape index (κ1) is 35.3. The Morgan fingerprint density at radius 1 is 0.654 bits per heavy atom. The Bertz CT molecular complexity index is 2070. The van der Waals surface area contributed by atoms with Crippen molar-refractivity contribution < 1.29 is 19.1 Å². The quantitative estimate of drug-likeness (QED) is 0.188. The summed E-state index contributed by atoms with van der Waals surface area (Å²) in [4.78, 5) is 46.2. The third-order valence-electron chi connectivity index (χ3n) is 9.75. The molecule has 3 aromatic carbocycles. The number of benzene rings is 3.